The molecule has 2 aliphatic carbocycles. The number of thiophene rings is 1. The van der Waals surface area contributed by atoms with Crippen molar-refractivity contribution in [3.05, 3.63) is 270 Å². The van der Waals surface area contributed by atoms with Gasteiger partial charge in [-0.2, -0.15) is 0 Å². The van der Waals surface area contributed by atoms with Crippen molar-refractivity contribution in [1.29, 1.82) is 0 Å². The van der Waals surface area contributed by atoms with Gasteiger partial charge >= 0.3 is 0 Å². The first-order valence-corrected chi connectivity index (χ1v) is 23.8. The average molecular weight is 860 g/mol. The van der Waals surface area contributed by atoms with Crippen LogP contribution in [0.1, 0.15) is 47.2 Å². The van der Waals surface area contributed by atoms with Crippen molar-refractivity contribution in [2.45, 2.75) is 24.7 Å². The third-order valence-electron chi connectivity index (χ3n) is 14.6. The maximum absolute atomic E-state index is 2.46. The second-order valence-corrected chi connectivity index (χ2v) is 19.4. The van der Waals surface area contributed by atoms with Crippen LogP contribution >= 0.6 is 11.3 Å². The molecule has 0 N–H and O–H groups in total. The minimum Gasteiger partial charge on any atom is -0.310 e. The van der Waals surface area contributed by atoms with E-state index in [0.717, 1.165) is 17.1 Å². The van der Waals surface area contributed by atoms with Gasteiger partial charge in [-0.3, -0.25) is 0 Å². The molecule has 0 saturated carbocycles. The van der Waals surface area contributed by atoms with Crippen molar-refractivity contribution in [2.24, 2.45) is 0 Å². The fourth-order valence-electron chi connectivity index (χ4n) is 11.5. The minimum absolute atomic E-state index is 0.0317. The van der Waals surface area contributed by atoms with Gasteiger partial charge in [0.2, 0.25) is 0 Å². The predicted octanol–water partition coefficient (Wildman–Crippen LogP) is 17.5. The van der Waals surface area contributed by atoms with Gasteiger partial charge in [-0.25, -0.2) is 0 Å². The summed E-state index contributed by atoms with van der Waals surface area (Å²) in [4.78, 5) is 2.44. The molecule has 0 spiro atoms. The second kappa shape index (κ2) is 14.9. The molecular weight excluding hydrogens is 815 g/mol. The van der Waals surface area contributed by atoms with Gasteiger partial charge in [0.1, 0.15) is 0 Å². The second-order valence-electron chi connectivity index (χ2n) is 18.4. The molecular formula is C64H45NS. The van der Waals surface area contributed by atoms with Crippen LogP contribution in [-0.2, 0) is 10.8 Å². The van der Waals surface area contributed by atoms with Crippen LogP contribution in [0.5, 0.6) is 0 Å². The number of hydrogen-bond acceptors (Lipinski definition) is 2. The Morgan fingerprint density at radius 1 is 0.333 bits per heavy atom. The van der Waals surface area contributed by atoms with Crippen molar-refractivity contribution in [2.75, 3.05) is 4.90 Å². The van der Waals surface area contributed by atoms with E-state index in [2.05, 4.69) is 255 Å². The molecule has 0 amide bonds. The zero-order chi connectivity index (χ0) is 44.0. The highest BCUT2D eigenvalue weighted by Gasteiger charge is 2.46. The quantitative estimate of drug-likeness (QED) is 0.154. The maximum atomic E-state index is 2.46. The highest BCUT2D eigenvalue weighted by atomic mass is 32.1. The molecule has 13 rings (SSSR count). The van der Waals surface area contributed by atoms with E-state index in [1.165, 1.54) is 98.1 Å². The van der Waals surface area contributed by atoms with E-state index >= 15 is 0 Å². The molecule has 1 nitrogen and oxygen atoms in total. The summed E-state index contributed by atoms with van der Waals surface area (Å²) in [6.07, 6.45) is 0. The normalized spacial score (nSPS) is 13.8. The van der Waals surface area contributed by atoms with Crippen LogP contribution < -0.4 is 4.90 Å². The number of nitrogens with zero attached hydrogens (tertiary/aromatic N) is 1. The van der Waals surface area contributed by atoms with Gasteiger partial charge in [0.25, 0.3) is 0 Å². The van der Waals surface area contributed by atoms with Crippen LogP contribution in [0.25, 0.3) is 64.7 Å². The van der Waals surface area contributed by atoms with Crippen LogP contribution in [0.4, 0.5) is 17.1 Å². The number of hydrogen-bond donors (Lipinski definition) is 0. The van der Waals surface area contributed by atoms with Crippen LogP contribution in [0.2, 0.25) is 0 Å². The number of benzene rings is 10. The van der Waals surface area contributed by atoms with Gasteiger partial charge in [0, 0.05) is 48.2 Å². The molecule has 312 valence electrons. The predicted molar refractivity (Wildman–Crippen MR) is 280 cm³/mol. The summed E-state index contributed by atoms with van der Waals surface area (Å²) < 4.78 is 2.72. The molecule has 2 heteroatoms. The first-order valence-electron chi connectivity index (χ1n) is 23.0. The SMILES string of the molecule is CC1(C)c2ccccc2-c2c1ccc1c2sc2c(-c3ccc(N(c4ccc(-c5ccccc5)cc4)c4ccc5c(c4)C(c4ccccc4)(c4ccccc4)c4ccccc4-5)cc3)cccc21. The third-order valence-corrected chi connectivity index (χ3v) is 15.9. The Kier molecular flexibility index (Phi) is 8.72. The molecule has 0 unspecified atom stereocenters. The van der Waals surface area contributed by atoms with Gasteiger partial charge in [-0.05, 0) is 109 Å². The smallest absolute Gasteiger partial charge is 0.0714 e. The van der Waals surface area contributed by atoms with Crippen molar-refractivity contribution in [1.82, 2.24) is 0 Å². The van der Waals surface area contributed by atoms with Crippen molar-refractivity contribution in [3.8, 4) is 44.5 Å². The fourth-order valence-corrected chi connectivity index (χ4v) is 12.9. The van der Waals surface area contributed by atoms with Crippen LogP contribution in [0.3, 0.4) is 0 Å². The number of rotatable bonds is 7. The Labute approximate surface area is 390 Å². The Hall–Kier alpha value is -7.78. The molecule has 0 fully saturated rings. The topological polar surface area (TPSA) is 3.24 Å². The summed E-state index contributed by atoms with van der Waals surface area (Å²) in [6, 6.07) is 87.9. The summed E-state index contributed by atoms with van der Waals surface area (Å²) in [5, 5.41) is 2.66. The van der Waals surface area contributed by atoms with E-state index in [0.29, 0.717) is 0 Å². The maximum Gasteiger partial charge on any atom is 0.0714 e. The van der Waals surface area contributed by atoms with Gasteiger partial charge in [-0.15, -0.1) is 11.3 Å². The summed E-state index contributed by atoms with van der Waals surface area (Å²) >= 11 is 1.95. The summed E-state index contributed by atoms with van der Waals surface area (Å²) in [6.45, 7) is 4.74. The first kappa shape index (κ1) is 38.7. The lowest BCUT2D eigenvalue weighted by atomic mass is 9.67. The van der Waals surface area contributed by atoms with Crippen molar-refractivity contribution in [3.63, 3.8) is 0 Å². The van der Waals surface area contributed by atoms with Gasteiger partial charge < -0.3 is 4.90 Å². The van der Waals surface area contributed by atoms with Gasteiger partial charge in [0.15, 0.2) is 0 Å². The summed E-state index contributed by atoms with van der Waals surface area (Å²) in [5.74, 6) is 0. The highest BCUT2D eigenvalue weighted by Crippen LogP contribution is 2.58. The van der Waals surface area contributed by atoms with Crippen molar-refractivity contribution >= 4 is 48.6 Å². The number of fused-ring (bicyclic) bond motifs is 10. The molecule has 1 heterocycles. The first-order chi connectivity index (χ1) is 32.5. The van der Waals surface area contributed by atoms with Crippen LogP contribution in [0, 0.1) is 0 Å². The van der Waals surface area contributed by atoms with Crippen LogP contribution in [0.15, 0.2) is 237 Å². The summed E-state index contributed by atoms with van der Waals surface area (Å²) in [5.41, 5.74) is 21.0. The van der Waals surface area contributed by atoms with E-state index in [4.69, 9.17) is 0 Å². The Bertz CT molecular complexity index is 3600. The van der Waals surface area contributed by atoms with E-state index in [1.807, 2.05) is 11.3 Å². The minimum atomic E-state index is -0.502. The molecule has 0 bridgehead atoms. The fraction of sp³-hybridized carbons (Fsp3) is 0.0625. The van der Waals surface area contributed by atoms with Gasteiger partial charge in [-0.1, -0.05) is 214 Å². The molecule has 2 aliphatic rings. The molecule has 0 radical (unpaired) electrons. The lowest BCUT2D eigenvalue weighted by Gasteiger charge is -2.35. The largest absolute Gasteiger partial charge is 0.310 e. The van der Waals surface area contributed by atoms with Gasteiger partial charge in [0.05, 0.1) is 5.41 Å². The molecule has 11 aromatic rings. The molecule has 66 heavy (non-hydrogen) atoms. The average Bonchev–Trinajstić information content (AvgIpc) is 3.99. The molecule has 0 atom stereocenters. The molecule has 0 saturated heterocycles. The lowest BCUT2D eigenvalue weighted by molar-refractivity contribution is 0.661. The summed E-state index contributed by atoms with van der Waals surface area (Å²) in [7, 11) is 0. The Morgan fingerprint density at radius 2 is 0.848 bits per heavy atom. The van der Waals surface area contributed by atoms with E-state index < -0.39 is 5.41 Å². The molecule has 1 aromatic heterocycles. The number of anilines is 3. The highest BCUT2D eigenvalue weighted by molar-refractivity contribution is 7.27. The van der Waals surface area contributed by atoms with E-state index in [-0.39, 0.29) is 5.41 Å². The zero-order valence-electron chi connectivity index (χ0n) is 36.9. The monoisotopic (exact) mass is 859 g/mol. The third kappa shape index (κ3) is 5.65. The van der Waals surface area contributed by atoms with Crippen LogP contribution in [-0.4, -0.2) is 0 Å². The zero-order valence-corrected chi connectivity index (χ0v) is 37.7. The standard InChI is InChI=1S/C64H45NS/c1-63(2)56-27-14-13-24-55(56)60-58(63)40-39-54-53-26-16-25-50(61(53)66-62(54)60)44-31-35-48(36-32-44)65(47-33-29-43(30-34-47)42-17-6-3-7-18-42)49-37-38-52-51-23-12-15-28-57(51)64(59(52)41-49,45-19-8-4-9-20-45)46-21-10-5-11-22-46/h3-41H,1-2H3. The van der Waals surface area contributed by atoms with E-state index in [1.54, 1.807) is 0 Å². The Morgan fingerprint density at radius 3 is 1.53 bits per heavy atom. The molecule has 10 aromatic carbocycles. The lowest BCUT2D eigenvalue weighted by Crippen LogP contribution is -2.28. The molecule has 0 aliphatic heterocycles. The van der Waals surface area contributed by atoms with Crippen molar-refractivity contribution < 1.29 is 0 Å². The Balaban J connectivity index is 0.976. The van der Waals surface area contributed by atoms with E-state index in [9.17, 15) is 0 Å².